The van der Waals surface area contributed by atoms with Crippen molar-refractivity contribution in [3.05, 3.63) is 29.6 Å². The lowest BCUT2D eigenvalue weighted by atomic mass is 10.2. The molecule has 0 amide bonds. The van der Waals surface area contributed by atoms with Gasteiger partial charge < -0.3 is 9.47 Å². The van der Waals surface area contributed by atoms with E-state index in [1.165, 1.54) is 14.2 Å². The van der Waals surface area contributed by atoms with Crippen molar-refractivity contribution in [2.45, 2.75) is 11.0 Å². The van der Waals surface area contributed by atoms with Crippen molar-refractivity contribution < 1.29 is 22.3 Å². The van der Waals surface area contributed by atoms with Gasteiger partial charge in [-0.2, -0.15) is 5.26 Å². The number of nitriles is 1. The average molecular weight is 302 g/mol. The quantitative estimate of drug-likeness (QED) is 0.798. The standard InChI is InChI=1S/C12H15FN2O4S/c1-18-8-10(19-2)7-15-20(16,17)11-3-4-12(13)9(5-11)6-14/h3-5,10,15H,7-8H2,1-2H3. The van der Waals surface area contributed by atoms with E-state index in [1.54, 1.807) is 6.07 Å². The summed E-state index contributed by atoms with van der Waals surface area (Å²) in [6.45, 7) is 0.234. The molecule has 0 aliphatic rings. The Morgan fingerprint density at radius 3 is 2.70 bits per heavy atom. The molecule has 0 saturated heterocycles. The van der Waals surface area contributed by atoms with Gasteiger partial charge in [0.15, 0.2) is 0 Å². The molecule has 110 valence electrons. The Bertz CT molecular complexity index is 598. The third-order valence-electron chi connectivity index (χ3n) is 2.56. The van der Waals surface area contributed by atoms with Gasteiger partial charge in [-0.15, -0.1) is 0 Å². The molecule has 0 bridgehead atoms. The molecule has 1 aromatic rings. The van der Waals surface area contributed by atoms with Crippen LogP contribution in [0.5, 0.6) is 0 Å². The minimum Gasteiger partial charge on any atom is -0.382 e. The van der Waals surface area contributed by atoms with Gasteiger partial charge in [0.25, 0.3) is 0 Å². The van der Waals surface area contributed by atoms with Gasteiger partial charge in [0.05, 0.1) is 23.2 Å². The van der Waals surface area contributed by atoms with Crippen LogP contribution in [0, 0.1) is 17.1 Å². The van der Waals surface area contributed by atoms with Gasteiger partial charge in [0.1, 0.15) is 11.9 Å². The van der Waals surface area contributed by atoms with E-state index in [2.05, 4.69) is 4.72 Å². The topological polar surface area (TPSA) is 88.4 Å². The van der Waals surface area contributed by atoms with Gasteiger partial charge in [-0.1, -0.05) is 0 Å². The number of hydrogen-bond donors (Lipinski definition) is 1. The first-order valence-electron chi connectivity index (χ1n) is 5.65. The molecule has 0 radical (unpaired) electrons. The normalized spacial score (nSPS) is 12.9. The SMILES string of the molecule is COCC(CNS(=O)(=O)c1ccc(F)c(C#N)c1)OC. The number of rotatable bonds is 7. The first-order valence-corrected chi connectivity index (χ1v) is 7.14. The third kappa shape index (κ3) is 4.25. The van der Waals surface area contributed by atoms with E-state index in [9.17, 15) is 12.8 Å². The fourth-order valence-corrected chi connectivity index (χ4v) is 2.53. The number of hydrogen-bond acceptors (Lipinski definition) is 5. The molecule has 0 spiro atoms. The second kappa shape index (κ2) is 7.31. The van der Waals surface area contributed by atoms with Crippen LogP contribution in [-0.4, -0.2) is 41.9 Å². The van der Waals surface area contributed by atoms with E-state index in [-0.39, 0.29) is 23.6 Å². The number of sulfonamides is 1. The summed E-state index contributed by atoms with van der Waals surface area (Å²) in [7, 11) is -0.930. The van der Waals surface area contributed by atoms with E-state index < -0.39 is 21.9 Å². The number of methoxy groups -OCH3 is 2. The molecule has 0 heterocycles. The molecule has 1 unspecified atom stereocenters. The van der Waals surface area contributed by atoms with Crippen LogP contribution in [0.2, 0.25) is 0 Å². The molecule has 1 aromatic carbocycles. The zero-order valence-electron chi connectivity index (χ0n) is 11.1. The zero-order valence-corrected chi connectivity index (χ0v) is 11.9. The van der Waals surface area contributed by atoms with Crippen molar-refractivity contribution in [1.82, 2.24) is 4.72 Å². The van der Waals surface area contributed by atoms with Gasteiger partial charge in [-0.05, 0) is 18.2 Å². The van der Waals surface area contributed by atoms with Crippen LogP contribution in [0.25, 0.3) is 0 Å². The lowest BCUT2D eigenvalue weighted by molar-refractivity contribution is 0.0320. The maximum absolute atomic E-state index is 13.2. The molecule has 8 heteroatoms. The molecule has 1 N–H and O–H groups in total. The van der Waals surface area contributed by atoms with Crippen LogP contribution in [0.15, 0.2) is 23.1 Å². The average Bonchev–Trinajstić information content (AvgIpc) is 2.43. The number of ether oxygens (including phenoxy) is 2. The van der Waals surface area contributed by atoms with Crippen LogP contribution in [-0.2, 0) is 19.5 Å². The number of nitrogens with one attached hydrogen (secondary N) is 1. The number of halogens is 1. The van der Waals surface area contributed by atoms with E-state index in [0.29, 0.717) is 0 Å². The van der Waals surface area contributed by atoms with Crippen molar-refractivity contribution in [2.75, 3.05) is 27.4 Å². The van der Waals surface area contributed by atoms with Crippen molar-refractivity contribution in [2.24, 2.45) is 0 Å². The third-order valence-corrected chi connectivity index (χ3v) is 3.98. The number of nitrogens with zero attached hydrogens (tertiary/aromatic N) is 1. The minimum atomic E-state index is -3.84. The van der Waals surface area contributed by atoms with E-state index >= 15 is 0 Å². The highest BCUT2D eigenvalue weighted by atomic mass is 32.2. The molecule has 0 aliphatic carbocycles. The summed E-state index contributed by atoms with van der Waals surface area (Å²) in [6.07, 6.45) is -0.439. The van der Waals surface area contributed by atoms with Gasteiger partial charge in [-0.3, -0.25) is 0 Å². The Morgan fingerprint density at radius 1 is 1.45 bits per heavy atom. The highest BCUT2D eigenvalue weighted by Gasteiger charge is 2.18. The molecule has 1 atom stereocenters. The zero-order chi connectivity index (χ0) is 15.2. The predicted octanol–water partition coefficient (Wildman–Crippen LogP) is 0.637. The van der Waals surface area contributed by atoms with Crippen molar-refractivity contribution in [3.8, 4) is 6.07 Å². The van der Waals surface area contributed by atoms with Gasteiger partial charge in [0, 0.05) is 20.8 Å². The van der Waals surface area contributed by atoms with Crippen molar-refractivity contribution in [1.29, 1.82) is 5.26 Å². The van der Waals surface area contributed by atoms with E-state index in [4.69, 9.17) is 14.7 Å². The van der Waals surface area contributed by atoms with Crippen LogP contribution in [0.3, 0.4) is 0 Å². The number of benzene rings is 1. The van der Waals surface area contributed by atoms with Crippen LogP contribution in [0.1, 0.15) is 5.56 Å². The highest BCUT2D eigenvalue weighted by Crippen LogP contribution is 2.14. The largest absolute Gasteiger partial charge is 0.382 e. The molecule has 0 saturated carbocycles. The molecule has 6 nitrogen and oxygen atoms in total. The summed E-state index contributed by atoms with van der Waals surface area (Å²) in [6, 6.07) is 4.61. The smallest absolute Gasteiger partial charge is 0.240 e. The summed E-state index contributed by atoms with van der Waals surface area (Å²) in [5, 5.41) is 8.69. The second-order valence-corrected chi connectivity index (χ2v) is 5.69. The summed E-state index contributed by atoms with van der Waals surface area (Å²) >= 11 is 0. The Labute approximate surface area is 117 Å². The maximum atomic E-state index is 13.2. The summed E-state index contributed by atoms with van der Waals surface area (Å²) in [5.41, 5.74) is -0.326. The van der Waals surface area contributed by atoms with E-state index in [1.807, 2.05) is 0 Å². The van der Waals surface area contributed by atoms with Gasteiger partial charge in [0.2, 0.25) is 10.0 Å². The van der Waals surface area contributed by atoms with Crippen molar-refractivity contribution in [3.63, 3.8) is 0 Å². The van der Waals surface area contributed by atoms with E-state index in [0.717, 1.165) is 18.2 Å². The fourth-order valence-electron chi connectivity index (χ4n) is 1.44. The molecular weight excluding hydrogens is 287 g/mol. The lowest BCUT2D eigenvalue weighted by Crippen LogP contribution is -2.35. The Kier molecular flexibility index (Phi) is 6.04. The molecular formula is C12H15FN2O4S. The molecule has 0 aliphatic heterocycles. The van der Waals surface area contributed by atoms with Crippen LogP contribution in [0.4, 0.5) is 4.39 Å². The Balaban J connectivity index is 2.86. The Morgan fingerprint density at radius 2 is 2.15 bits per heavy atom. The van der Waals surface area contributed by atoms with Gasteiger partial charge in [-0.25, -0.2) is 17.5 Å². The summed E-state index contributed by atoms with van der Waals surface area (Å²) < 4.78 is 49.4. The molecule has 1 rings (SSSR count). The minimum absolute atomic E-state index is 0.00589. The summed E-state index contributed by atoms with van der Waals surface area (Å²) in [5.74, 6) is -0.763. The second-order valence-electron chi connectivity index (χ2n) is 3.92. The predicted molar refractivity (Wildman–Crippen MR) is 69.0 cm³/mol. The lowest BCUT2D eigenvalue weighted by Gasteiger charge is -2.15. The molecule has 0 aromatic heterocycles. The van der Waals surface area contributed by atoms with Gasteiger partial charge >= 0.3 is 0 Å². The molecule has 20 heavy (non-hydrogen) atoms. The van der Waals surface area contributed by atoms with Crippen LogP contribution >= 0.6 is 0 Å². The highest BCUT2D eigenvalue weighted by molar-refractivity contribution is 7.89. The maximum Gasteiger partial charge on any atom is 0.240 e. The summed E-state index contributed by atoms with van der Waals surface area (Å²) in [4.78, 5) is -0.178. The van der Waals surface area contributed by atoms with Crippen molar-refractivity contribution >= 4 is 10.0 Å². The monoisotopic (exact) mass is 302 g/mol. The Hall–Kier alpha value is -1.53. The molecule has 0 fully saturated rings. The first kappa shape index (κ1) is 16.5. The van der Waals surface area contributed by atoms with Crippen LogP contribution < -0.4 is 4.72 Å². The fraction of sp³-hybridized carbons (Fsp3) is 0.417. The first-order chi connectivity index (χ1) is 9.44.